The summed E-state index contributed by atoms with van der Waals surface area (Å²) in [5.74, 6) is -1.11. The molecule has 1 unspecified atom stereocenters. The van der Waals surface area contributed by atoms with Gasteiger partial charge in [0.2, 0.25) is 0 Å². The topological polar surface area (TPSA) is 63.6 Å². The fourth-order valence-corrected chi connectivity index (χ4v) is 4.66. The summed E-state index contributed by atoms with van der Waals surface area (Å²) >= 11 is 0. The molecule has 0 amide bonds. The lowest BCUT2D eigenvalue weighted by atomic mass is 10.0. The number of allylic oxidation sites excluding steroid dienone is 2. The van der Waals surface area contributed by atoms with Gasteiger partial charge in [-0.25, -0.2) is 0 Å². The zero-order valence-electron chi connectivity index (χ0n) is 24.1. The second kappa shape index (κ2) is 28.3. The molecule has 0 aromatic rings. The average Bonchev–Trinajstić information content (AvgIpc) is 2.85. The number of rotatable bonds is 28. The van der Waals surface area contributed by atoms with E-state index in [2.05, 4.69) is 26.0 Å². The second-order valence-electron chi connectivity index (χ2n) is 10.7. The maximum Gasteiger partial charge on any atom is 0.307 e. The largest absolute Gasteiger partial charge is 0.481 e. The van der Waals surface area contributed by atoms with E-state index in [0.29, 0.717) is 12.8 Å². The van der Waals surface area contributed by atoms with E-state index in [-0.39, 0.29) is 12.4 Å². The Morgan fingerprint density at radius 2 is 1.03 bits per heavy atom. The van der Waals surface area contributed by atoms with E-state index in [1.165, 1.54) is 103 Å². The molecular weight excluding hydrogens is 448 g/mol. The van der Waals surface area contributed by atoms with Crippen molar-refractivity contribution in [1.29, 1.82) is 0 Å². The first kappa shape index (κ1) is 34.7. The molecule has 0 fully saturated rings. The number of carbonyl (C=O) groups excluding carboxylic acids is 1. The van der Waals surface area contributed by atoms with Crippen LogP contribution in [0.5, 0.6) is 0 Å². The Morgan fingerprint density at radius 3 is 1.53 bits per heavy atom. The lowest BCUT2D eigenvalue weighted by Crippen LogP contribution is -2.21. The smallest absolute Gasteiger partial charge is 0.307 e. The van der Waals surface area contributed by atoms with Gasteiger partial charge in [-0.2, -0.15) is 0 Å². The third kappa shape index (κ3) is 27.3. The first-order valence-corrected chi connectivity index (χ1v) is 15.7. The van der Waals surface area contributed by atoms with Gasteiger partial charge in [0.1, 0.15) is 6.10 Å². The van der Waals surface area contributed by atoms with Gasteiger partial charge in [0.05, 0.1) is 6.42 Å². The Hall–Kier alpha value is -1.32. The predicted molar refractivity (Wildman–Crippen MR) is 153 cm³/mol. The van der Waals surface area contributed by atoms with Crippen molar-refractivity contribution in [3.8, 4) is 0 Å². The Labute approximate surface area is 224 Å². The fraction of sp³-hybridized carbons (Fsp3) is 0.875. The number of carboxylic acid groups (broad SMARTS) is 1. The van der Waals surface area contributed by atoms with Crippen molar-refractivity contribution in [2.24, 2.45) is 0 Å². The third-order valence-corrected chi connectivity index (χ3v) is 6.97. The van der Waals surface area contributed by atoms with E-state index in [9.17, 15) is 14.7 Å². The van der Waals surface area contributed by atoms with Gasteiger partial charge in [0.15, 0.2) is 0 Å². The summed E-state index contributed by atoms with van der Waals surface area (Å²) < 4.78 is 5.53. The number of hydrogen-bond donors (Lipinski definition) is 1. The number of hydrogen-bond acceptors (Lipinski definition) is 3. The molecule has 0 bridgehead atoms. The number of unbranched alkanes of at least 4 members (excludes halogenated alkanes) is 19. The zero-order valence-corrected chi connectivity index (χ0v) is 24.1. The van der Waals surface area contributed by atoms with Gasteiger partial charge in [-0.15, -0.1) is 0 Å². The molecule has 0 spiro atoms. The highest BCUT2D eigenvalue weighted by molar-refractivity contribution is 5.71. The van der Waals surface area contributed by atoms with Crippen molar-refractivity contribution in [2.75, 3.05) is 0 Å². The molecule has 0 rings (SSSR count). The quantitative estimate of drug-likeness (QED) is 0.0648. The number of esters is 1. The lowest BCUT2D eigenvalue weighted by Gasteiger charge is -2.16. The van der Waals surface area contributed by atoms with E-state index in [1.54, 1.807) is 0 Å². The first-order chi connectivity index (χ1) is 17.6. The molecule has 0 radical (unpaired) electrons. The van der Waals surface area contributed by atoms with Crippen LogP contribution in [-0.4, -0.2) is 23.1 Å². The summed E-state index contributed by atoms with van der Waals surface area (Å²) in [6, 6.07) is 0. The third-order valence-electron chi connectivity index (χ3n) is 6.97. The van der Waals surface area contributed by atoms with E-state index < -0.39 is 12.1 Å². The number of aliphatic carboxylic acids is 1. The van der Waals surface area contributed by atoms with Gasteiger partial charge in [-0.1, -0.05) is 129 Å². The van der Waals surface area contributed by atoms with Crippen molar-refractivity contribution < 1.29 is 19.4 Å². The zero-order chi connectivity index (χ0) is 26.5. The highest BCUT2D eigenvalue weighted by Gasteiger charge is 2.17. The molecule has 1 N–H and O–H groups in total. The Kier molecular flexibility index (Phi) is 27.2. The molecule has 0 aliphatic rings. The molecule has 4 nitrogen and oxygen atoms in total. The predicted octanol–water partition coefficient (Wildman–Crippen LogP) is 10.3. The summed E-state index contributed by atoms with van der Waals surface area (Å²) in [5.41, 5.74) is 0. The Balaban J connectivity index is 3.71. The van der Waals surface area contributed by atoms with Crippen LogP contribution in [0.15, 0.2) is 12.2 Å². The van der Waals surface area contributed by atoms with Crippen LogP contribution in [0.25, 0.3) is 0 Å². The van der Waals surface area contributed by atoms with Crippen molar-refractivity contribution in [2.45, 2.75) is 180 Å². The van der Waals surface area contributed by atoms with Gasteiger partial charge in [-0.3, -0.25) is 9.59 Å². The Morgan fingerprint density at radius 1 is 0.611 bits per heavy atom. The lowest BCUT2D eigenvalue weighted by molar-refractivity contribution is -0.153. The fourth-order valence-electron chi connectivity index (χ4n) is 4.66. The summed E-state index contributed by atoms with van der Waals surface area (Å²) in [7, 11) is 0. The number of carboxylic acids is 1. The normalized spacial score (nSPS) is 12.3. The molecule has 0 saturated carbocycles. The summed E-state index contributed by atoms with van der Waals surface area (Å²) in [6.45, 7) is 4.50. The van der Waals surface area contributed by atoms with Crippen LogP contribution in [0.1, 0.15) is 174 Å². The van der Waals surface area contributed by atoms with Crippen LogP contribution in [0.3, 0.4) is 0 Å². The Bertz CT molecular complexity index is 514. The summed E-state index contributed by atoms with van der Waals surface area (Å²) in [4.78, 5) is 23.4. The van der Waals surface area contributed by atoms with Gasteiger partial charge in [-0.05, 0) is 44.9 Å². The van der Waals surface area contributed by atoms with Crippen LogP contribution in [0.2, 0.25) is 0 Å². The molecule has 0 saturated heterocycles. The van der Waals surface area contributed by atoms with E-state index >= 15 is 0 Å². The molecular formula is C32H60O4. The number of ether oxygens (including phenoxy) is 1. The SMILES string of the molecule is CCCCCC/C=C\CCCCCCCC(=O)OC(CCCCCCCCCCCCC)CC(=O)O. The van der Waals surface area contributed by atoms with E-state index in [4.69, 9.17) is 4.74 Å². The molecule has 1 atom stereocenters. The van der Waals surface area contributed by atoms with Gasteiger partial charge in [0, 0.05) is 6.42 Å². The molecule has 0 aromatic heterocycles. The van der Waals surface area contributed by atoms with Crippen LogP contribution < -0.4 is 0 Å². The average molecular weight is 509 g/mol. The molecule has 0 heterocycles. The standard InChI is InChI=1S/C32H60O4/c1-3-5-7-9-11-13-15-16-18-20-22-24-26-28-32(35)36-30(29-31(33)34)27-25-23-21-19-17-14-12-10-8-6-4-2/h13,15,30H,3-12,14,16-29H2,1-2H3,(H,33,34)/b15-13-. The van der Waals surface area contributed by atoms with Crippen molar-refractivity contribution in [3.05, 3.63) is 12.2 Å². The van der Waals surface area contributed by atoms with Crippen molar-refractivity contribution >= 4 is 11.9 Å². The summed E-state index contributed by atoms with van der Waals surface area (Å²) in [5, 5.41) is 9.18. The van der Waals surface area contributed by atoms with Gasteiger partial charge >= 0.3 is 11.9 Å². The molecule has 212 valence electrons. The monoisotopic (exact) mass is 508 g/mol. The first-order valence-electron chi connectivity index (χ1n) is 15.7. The van der Waals surface area contributed by atoms with Gasteiger partial charge < -0.3 is 9.84 Å². The molecule has 0 aliphatic carbocycles. The second-order valence-corrected chi connectivity index (χ2v) is 10.7. The van der Waals surface area contributed by atoms with Crippen molar-refractivity contribution in [1.82, 2.24) is 0 Å². The van der Waals surface area contributed by atoms with Crippen LogP contribution >= 0.6 is 0 Å². The van der Waals surface area contributed by atoms with Crippen LogP contribution in [-0.2, 0) is 14.3 Å². The van der Waals surface area contributed by atoms with E-state index in [1.807, 2.05) is 0 Å². The maximum atomic E-state index is 12.2. The minimum atomic E-state index is -0.883. The minimum Gasteiger partial charge on any atom is -0.481 e. The number of carbonyl (C=O) groups is 2. The van der Waals surface area contributed by atoms with E-state index in [0.717, 1.165) is 38.5 Å². The molecule has 0 aromatic carbocycles. The van der Waals surface area contributed by atoms with Crippen LogP contribution in [0, 0.1) is 0 Å². The van der Waals surface area contributed by atoms with Crippen molar-refractivity contribution in [3.63, 3.8) is 0 Å². The highest BCUT2D eigenvalue weighted by Crippen LogP contribution is 2.16. The molecule has 0 aliphatic heterocycles. The van der Waals surface area contributed by atoms with Crippen LogP contribution in [0.4, 0.5) is 0 Å². The maximum absolute atomic E-state index is 12.2. The molecule has 36 heavy (non-hydrogen) atoms. The minimum absolute atomic E-state index is 0.0738. The van der Waals surface area contributed by atoms with Gasteiger partial charge in [0.25, 0.3) is 0 Å². The summed E-state index contributed by atoms with van der Waals surface area (Å²) in [6.07, 6.45) is 32.2. The molecule has 4 heteroatoms. The highest BCUT2D eigenvalue weighted by atomic mass is 16.5.